The van der Waals surface area contributed by atoms with Crippen LogP contribution >= 0.6 is 0 Å². The van der Waals surface area contributed by atoms with Gasteiger partial charge in [0.05, 0.1) is 6.61 Å². The van der Waals surface area contributed by atoms with Crippen LogP contribution in [0.25, 0.3) is 0 Å². The third-order valence-corrected chi connectivity index (χ3v) is 2.91. The molecule has 1 saturated heterocycles. The van der Waals surface area contributed by atoms with Crippen LogP contribution in [0.3, 0.4) is 0 Å². The molecule has 18 heavy (non-hydrogen) atoms. The zero-order valence-electron chi connectivity index (χ0n) is 9.53. The highest BCUT2D eigenvalue weighted by Gasteiger charge is 2.29. The molecule has 0 aliphatic carbocycles. The second kappa shape index (κ2) is 5.30. The van der Waals surface area contributed by atoms with Crippen LogP contribution in [0.5, 0.6) is 5.75 Å². The van der Waals surface area contributed by atoms with Gasteiger partial charge in [-0.3, -0.25) is 4.79 Å². The molecule has 1 aromatic carbocycles. The molecule has 2 unspecified atom stereocenters. The van der Waals surface area contributed by atoms with Crippen molar-refractivity contribution < 1.29 is 23.4 Å². The Kier molecular flexibility index (Phi) is 3.76. The topological polar surface area (TPSA) is 58.6 Å². The van der Waals surface area contributed by atoms with E-state index in [9.17, 15) is 13.6 Å². The summed E-state index contributed by atoms with van der Waals surface area (Å²) in [5.74, 6) is -3.05. The molecule has 0 amide bonds. The monoisotopic (exact) mass is 257 g/mol. The number of aliphatic carboxylic acids is 1. The Morgan fingerprint density at radius 1 is 1.50 bits per heavy atom. The van der Waals surface area contributed by atoms with Crippen LogP contribution in [-0.4, -0.2) is 30.3 Å². The van der Waals surface area contributed by atoms with Crippen molar-refractivity contribution in [2.75, 3.05) is 13.2 Å². The maximum absolute atomic E-state index is 13.3. The van der Waals surface area contributed by atoms with Gasteiger partial charge in [0.1, 0.15) is 6.04 Å². The largest absolute Gasteiger partial charge is 0.490 e. The smallest absolute Gasteiger partial charge is 0.320 e. The lowest BCUT2D eigenvalue weighted by molar-refractivity contribution is -0.139. The second-order valence-corrected chi connectivity index (χ2v) is 4.26. The van der Waals surface area contributed by atoms with Gasteiger partial charge in [-0.2, -0.15) is 4.39 Å². The van der Waals surface area contributed by atoms with Gasteiger partial charge in [0.2, 0.25) is 5.82 Å². The number of ether oxygens (including phenoxy) is 1. The zero-order valence-corrected chi connectivity index (χ0v) is 9.53. The first-order valence-corrected chi connectivity index (χ1v) is 5.61. The summed E-state index contributed by atoms with van der Waals surface area (Å²) in [7, 11) is 0. The SMILES string of the molecule is O=C(O)C1CC(COc2cccc(F)c2F)CN1. The van der Waals surface area contributed by atoms with E-state index in [0.717, 1.165) is 6.07 Å². The first-order chi connectivity index (χ1) is 8.58. The number of hydrogen-bond donors (Lipinski definition) is 2. The van der Waals surface area contributed by atoms with Crippen LogP contribution in [0.2, 0.25) is 0 Å². The minimum atomic E-state index is -1.02. The molecule has 0 radical (unpaired) electrons. The molecule has 1 heterocycles. The Hall–Kier alpha value is -1.69. The van der Waals surface area contributed by atoms with E-state index < -0.39 is 23.6 Å². The summed E-state index contributed by atoms with van der Waals surface area (Å²) in [5.41, 5.74) is 0. The van der Waals surface area contributed by atoms with Crippen molar-refractivity contribution in [3.05, 3.63) is 29.8 Å². The minimum absolute atomic E-state index is 0.0197. The first-order valence-electron chi connectivity index (χ1n) is 5.61. The maximum Gasteiger partial charge on any atom is 0.320 e. The highest BCUT2D eigenvalue weighted by atomic mass is 19.2. The van der Waals surface area contributed by atoms with E-state index in [2.05, 4.69) is 5.32 Å². The maximum atomic E-state index is 13.3. The summed E-state index contributed by atoms with van der Waals surface area (Å²) in [6.45, 7) is 0.658. The van der Waals surface area contributed by atoms with E-state index in [1.807, 2.05) is 0 Å². The van der Waals surface area contributed by atoms with Gasteiger partial charge in [0.25, 0.3) is 0 Å². The fourth-order valence-electron chi connectivity index (χ4n) is 1.93. The summed E-state index contributed by atoms with van der Waals surface area (Å²) in [6.07, 6.45) is 0.423. The van der Waals surface area contributed by atoms with Crippen molar-refractivity contribution in [2.45, 2.75) is 12.5 Å². The molecule has 6 heteroatoms. The number of benzene rings is 1. The number of halogens is 2. The lowest BCUT2D eigenvalue weighted by Gasteiger charge is -2.11. The highest BCUT2D eigenvalue weighted by molar-refractivity contribution is 5.73. The third-order valence-electron chi connectivity index (χ3n) is 2.91. The molecule has 0 spiro atoms. The Balaban J connectivity index is 1.89. The fraction of sp³-hybridized carbons (Fsp3) is 0.417. The predicted octanol–water partition coefficient (Wildman–Crippen LogP) is 1.41. The van der Waals surface area contributed by atoms with Crippen LogP contribution < -0.4 is 10.1 Å². The Bertz CT molecular complexity index is 453. The summed E-state index contributed by atoms with van der Waals surface area (Å²) in [5, 5.41) is 11.6. The molecular formula is C12H13F2NO3. The van der Waals surface area contributed by atoms with E-state index in [1.165, 1.54) is 12.1 Å². The average Bonchev–Trinajstić information content (AvgIpc) is 2.80. The van der Waals surface area contributed by atoms with Crippen molar-refractivity contribution >= 4 is 5.97 Å². The molecule has 2 atom stereocenters. The predicted molar refractivity (Wildman–Crippen MR) is 59.4 cm³/mol. The fourth-order valence-corrected chi connectivity index (χ4v) is 1.93. The van der Waals surface area contributed by atoms with Gasteiger partial charge < -0.3 is 15.2 Å². The van der Waals surface area contributed by atoms with Crippen molar-refractivity contribution in [2.24, 2.45) is 5.92 Å². The lowest BCUT2D eigenvalue weighted by atomic mass is 10.1. The van der Waals surface area contributed by atoms with E-state index in [0.29, 0.717) is 13.0 Å². The van der Waals surface area contributed by atoms with Gasteiger partial charge in [-0.05, 0) is 18.6 Å². The van der Waals surface area contributed by atoms with Gasteiger partial charge in [-0.15, -0.1) is 0 Å². The van der Waals surface area contributed by atoms with Gasteiger partial charge in [-0.1, -0.05) is 6.07 Å². The number of nitrogens with one attached hydrogen (secondary N) is 1. The summed E-state index contributed by atoms with van der Waals surface area (Å²) in [6, 6.07) is 3.13. The molecule has 1 aliphatic heterocycles. The number of carbonyl (C=O) groups is 1. The Morgan fingerprint density at radius 3 is 2.94 bits per heavy atom. The van der Waals surface area contributed by atoms with E-state index in [1.54, 1.807) is 0 Å². The quantitative estimate of drug-likeness (QED) is 0.856. The standard InChI is InChI=1S/C12H13F2NO3/c13-8-2-1-3-10(11(8)14)18-6-7-4-9(12(16)17)15-5-7/h1-3,7,9,15H,4-6H2,(H,16,17). The number of rotatable bonds is 4. The van der Waals surface area contributed by atoms with Crippen LogP contribution in [0, 0.1) is 17.6 Å². The van der Waals surface area contributed by atoms with Crippen molar-refractivity contribution in [3.8, 4) is 5.75 Å². The number of carboxylic acids is 1. The summed E-state index contributed by atoms with van der Waals surface area (Å²) >= 11 is 0. The lowest BCUT2D eigenvalue weighted by Crippen LogP contribution is -2.29. The molecule has 1 aliphatic rings. The average molecular weight is 257 g/mol. The number of hydrogen-bond acceptors (Lipinski definition) is 3. The molecule has 0 aromatic heterocycles. The molecule has 4 nitrogen and oxygen atoms in total. The minimum Gasteiger partial charge on any atom is -0.490 e. The summed E-state index contributed by atoms with van der Waals surface area (Å²) in [4.78, 5) is 10.7. The zero-order chi connectivity index (χ0) is 13.1. The van der Waals surface area contributed by atoms with Gasteiger partial charge in [0, 0.05) is 12.5 Å². The first kappa shape index (κ1) is 12.8. The van der Waals surface area contributed by atoms with Crippen molar-refractivity contribution in [1.82, 2.24) is 5.32 Å². The van der Waals surface area contributed by atoms with Gasteiger partial charge in [-0.25, -0.2) is 4.39 Å². The molecule has 98 valence electrons. The third kappa shape index (κ3) is 2.76. The summed E-state index contributed by atoms with van der Waals surface area (Å²) < 4.78 is 31.4. The van der Waals surface area contributed by atoms with Crippen LogP contribution in [0.1, 0.15) is 6.42 Å². The van der Waals surface area contributed by atoms with Crippen molar-refractivity contribution in [1.29, 1.82) is 0 Å². The molecule has 2 N–H and O–H groups in total. The van der Waals surface area contributed by atoms with E-state index in [4.69, 9.17) is 9.84 Å². The van der Waals surface area contributed by atoms with E-state index in [-0.39, 0.29) is 18.3 Å². The van der Waals surface area contributed by atoms with Gasteiger partial charge in [0.15, 0.2) is 11.6 Å². The highest BCUT2D eigenvalue weighted by Crippen LogP contribution is 2.21. The Morgan fingerprint density at radius 2 is 2.28 bits per heavy atom. The number of carboxylic acid groups (broad SMARTS) is 1. The van der Waals surface area contributed by atoms with Crippen LogP contribution in [0.15, 0.2) is 18.2 Å². The van der Waals surface area contributed by atoms with Gasteiger partial charge >= 0.3 is 5.97 Å². The molecule has 1 aromatic rings. The van der Waals surface area contributed by atoms with Crippen LogP contribution in [0.4, 0.5) is 8.78 Å². The molecule has 1 fully saturated rings. The molecule has 0 saturated carbocycles. The van der Waals surface area contributed by atoms with Crippen molar-refractivity contribution in [3.63, 3.8) is 0 Å². The van der Waals surface area contributed by atoms with Crippen LogP contribution in [-0.2, 0) is 4.79 Å². The normalized spacial score (nSPS) is 23.0. The van der Waals surface area contributed by atoms with E-state index >= 15 is 0 Å². The molecule has 0 bridgehead atoms. The molecular weight excluding hydrogens is 244 g/mol. The Labute approximate surface area is 103 Å². The second-order valence-electron chi connectivity index (χ2n) is 4.26. The molecule has 2 rings (SSSR count).